The Bertz CT molecular complexity index is 990. The van der Waals surface area contributed by atoms with E-state index in [4.69, 9.17) is 35.5 Å². The Balaban J connectivity index is 2.24. The monoisotopic (exact) mass is 535 g/mol. The highest BCUT2D eigenvalue weighted by molar-refractivity contribution is 5.16. The molecule has 16 heteroatoms. The van der Waals surface area contributed by atoms with E-state index in [1.54, 1.807) is 13.8 Å². The molecular weight excluding hydrogens is 502 g/mol. The van der Waals surface area contributed by atoms with Gasteiger partial charge in [-0.05, 0) is 43.8 Å². The van der Waals surface area contributed by atoms with Gasteiger partial charge in [0.2, 0.25) is 0 Å². The van der Waals surface area contributed by atoms with Crippen molar-refractivity contribution in [2.24, 2.45) is 15.3 Å². The average molecular weight is 536 g/mol. The lowest BCUT2D eigenvalue weighted by Crippen LogP contribution is -2.51. The second kappa shape index (κ2) is 16.0. The SMILES string of the molecule is CC1OC(c2ccccc2)O[C@@H](C)C1O[C@H](O[C@@H](C)C(C[C@@H](N=[N+]=[N-])[C@@H](O)CO)N=[N+]=[N-])[C@@H](CO)N=[N+]=[N-]. The molecule has 16 nitrogen and oxygen atoms in total. The Hall–Kier alpha value is -3.13. The number of nitrogens with zero attached hydrogens (tertiary/aromatic N) is 9. The van der Waals surface area contributed by atoms with E-state index in [-0.39, 0.29) is 6.42 Å². The van der Waals surface area contributed by atoms with Gasteiger partial charge in [-0.1, -0.05) is 45.7 Å². The molecule has 0 spiro atoms. The molecule has 0 aromatic heterocycles. The molecule has 1 aliphatic heterocycles. The number of azide groups is 3. The van der Waals surface area contributed by atoms with E-state index in [0.29, 0.717) is 0 Å². The van der Waals surface area contributed by atoms with Gasteiger partial charge >= 0.3 is 0 Å². The van der Waals surface area contributed by atoms with Gasteiger partial charge in [-0.25, -0.2) is 0 Å². The van der Waals surface area contributed by atoms with Crippen LogP contribution >= 0.6 is 0 Å². The minimum Gasteiger partial charge on any atom is -0.396 e. The first-order valence-electron chi connectivity index (χ1n) is 12.0. The molecule has 4 unspecified atom stereocenters. The lowest BCUT2D eigenvalue weighted by atomic mass is 10.00. The van der Waals surface area contributed by atoms with Crippen molar-refractivity contribution in [3.63, 3.8) is 0 Å². The number of benzene rings is 1. The van der Waals surface area contributed by atoms with Crippen LogP contribution in [0.5, 0.6) is 0 Å². The second-order valence-corrected chi connectivity index (χ2v) is 8.72. The maximum absolute atomic E-state index is 9.97. The van der Waals surface area contributed by atoms with Crippen molar-refractivity contribution in [2.45, 2.75) is 88.4 Å². The third-order valence-electron chi connectivity index (χ3n) is 6.07. The van der Waals surface area contributed by atoms with Gasteiger partial charge in [0.15, 0.2) is 12.6 Å². The van der Waals surface area contributed by atoms with E-state index in [0.717, 1.165) is 5.56 Å². The van der Waals surface area contributed by atoms with Gasteiger partial charge < -0.3 is 34.3 Å². The van der Waals surface area contributed by atoms with Gasteiger partial charge in [-0.2, -0.15) is 0 Å². The highest BCUT2D eigenvalue weighted by atomic mass is 16.7. The average Bonchev–Trinajstić information content (AvgIpc) is 2.92. The molecular formula is C22H33N9O7. The quantitative estimate of drug-likeness (QED) is 0.130. The zero-order valence-corrected chi connectivity index (χ0v) is 21.3. The van der Waals surface area contributed by atoms with Crippen molar-refractivity contribution < 1.29 is 34.3 Å². The Labute approximate surface area is 219 Å². The summed E-state index contributed by atoms with van der Waals surface area (Å²) in [7, 11) is 0. The summed E-state index contributed by atoms with van der Waals surface area (Å²) < 4.78 is 24.1. The summed E-state index contributed by atoms with van der Waals surface area (Å²) in [4.78, 5) is 8.21. The normalized spacial score (nSPS) is 25.8. The van der Waals surface area contributed by atoms with Gasteiger partial charge in [0.1, 0.15) is 12.1 Å². The molecule has 0 saturated carbocycles. The maximum atomic E-state index is 9.97. The summed E-state index contributed by atoms with van der Waals surface area (Å²) in [5.41, 5.74) is 27.7. The summed E-state index contributed by atoms with van der Waals surface area (Å²) in [5, 5.41) is 39.8. The largest absolute Gasteiger partial charge is 0.396 e. The molecule has 2 rings (SSSR count). The lowest BCUT2D eigenvalue weighted by Gasteiger charge is -2.42. The predicted molar refractivity (Wildman–Crippen MR) is 133 cm³/mol. The molecule has 1 aromatic carbocycles. The van der Waals surface area contributed by atoms with Crippen LogP contribution in [0, 0.1) is 0 Å². The molecule has 0 bridgehead atoms. The van der Waals surface area contributed by atoms with Crippen LogP contribution in [0.3, 0.4) is 0 Å². The van der Waals surface area contributed by atoms with Gasteiger partial charge in [0, 0.05) is 20.3 Å². The number of aliphatic hydroxyl groups is 3. The predicted octanol–water partition coefficient (Wildman–Crippen LogP) is 3.40. The molecule has 0 aliphatic carbocycles. The van der Waals surface area contributed by atoms with Gasteiger partial charge in [-0.15, -0.1) is 0 Å². The van der Waals surface area contributed by atoms with Crippen LogP contribution < -0.4 is 0 Å². The number of ether oxygens (including phenoxy) is 4. The third kappa shape index (κ3) is 8.72. The minimum absolute atomic E-state index is 0.170. The summed E-state index contributed by atoms with van der Waals surface area (Å²) in [6.07, 6.45) is -6.17. The maximum Gasteiger partial charge on any atom is 0.184 e. The molecule has 1 heterocycles. The zero-order valence-electron chi connectivity index (χ0n) is 21.3. The molecule has 1 fully saturated rings. The van der Waals surface area contributed by atoms with Crippen molar-refractivity contribution >= 4 is 0 Å². The van der Waals surface area contributed by atoms with Crippen LogP contribution in [-0.2, 0) is 18.9 Å². The standard InChI is InChI=1S/C22H33N9O7/c1-12(16(26-29-23)9-17(27-30-24)19(34)11-33)35-22(18(10-32)28-31-25)38-20-13(2)36-21(37-14(20)3)15-7-5-4-6-8-15/h4-8,12-14,16-22,32-34H,9-11H2,1-3H3/t12-,13-,14?,16?,17+,18+,19-,20?,21?,22-/m0/s1. The first kappa shape index (κ1) is 31.1. The third-order valence-corrected chi connectivity index (χ3v) is 6.07. The summed E-state index contributed by atoms with van der Waals surface area (Å²) in [6, 6.07) is 6.05. The van der Waals surface area contributed by atoms with Crippen molar-refractivity contribution in [1.29, 1.82) is 0 Å². The smallest absolute Gasteiger partial charge is 0.184 e. The molecule has 0 amide bonds. The van der Waals surface area contributed by atoms with Crippen molar-refractivity contribution in [3.05, 3.63) is 67.2 Å². The highest BCUT2D eigenvalue weighted by Crippen LogP contribution is 2.32. The van der Waals surface area contributed by atoms with E-state index < -0.39 is 74.4 Å². The number of hydrogen-bond acceptors (Lipinski definition) is 10. The van der Waals surface area contributed by atoms with Crippen LogP contribution in [-0.4, -0.2) is 83.5 Å². The van der Waals surface area contributed by atoms with Gasteiger partial charge in [0.05, 0.1) is 49.7 Å². The van der Waals surface area contributed by atoms with Crippen LogP contribution in [0.15, 0.2) is 45.7 Å². The number of rotatable bonds is 15. The fourth-order valence-corrected chi connectivity index (χ4v) is 3.98. The Kier molecular flexibility index (Phi) is 13.1. The Morgan fingerprint density at radius 3 is 1.97 bits per heavy atom. The Morgan fingerprint density at radius 1 is 0.895 bits per heavy atom. The van der Waals surface area contributed by atoms with E-state index in [2.05, 4.69) is 30.1 Å². The molecule has 1 aliphatic rings. The molecule has 3 N–H and O–H groups in total. The Morgan fingerprint density at radius 2 is 1.45 bits per heavy atom. The molecule has 208 valence electrons. The fourth-order valence-electron chi connectivity index (χ4n) is 3.98. The summed E-state index contributed by atoms with van der Waals surface area (Å²) >= 11 is 0. The van der Waals surface area contributed by atoms with Crippen molar-refractivity contribution in [3.8, 4) is 0 Å². The van der Waals surface area contributed by atoms with Gasteiger partial charge in [-0.3, -0.25) is 0 Å². The molecule has 38 heavy (non-hydrogen) atoms. The van der Waals surface area contributed by atoms with Crippen LogP contribution in [0.2, 0.25) is 0 Å². The zero-order chi connectivity index (χ0) is 28.1. The second-order valence-electron chi connectivity index (χ2n) is 8.72. The number of hydrogen-bond donors (Lipinski definition) is 3. The molecule has 1 saturated heterocycles. The van der Waals surface area contributed by atoms with E-state index in [1.807, 2.05) is 30.3 Å². The van der Waals surface area contributed by atoms with E-state index in [1.165, 1.54) is 6.92 Å². The lowest BCUT2D eigenvalue weighted by molar-refractivity contribution is -0.321. The van der Waals surface area contributed by atoms with Gasteiger partial charge in [0.25, 0.3) is 0 Å². The minimum atomic E-state index is -1.40. The van der Waals surface area contributed by atoms with Crippen LogP contribution in [0.25, 0.3) is 31.3 Å². The van der Waals surface area contributed by atoms with E-state index >= 15 is 0 Å². The fraction of sp³-hybridized carbons (Fsp3) is 0.727. The van der Waals surface area contributed by atoms with Crippen LogP contribution in [0.1, 0.15) is 39.0 Å². The topological polar surface area (TPSA) is 244 Å². The van der Waals surface area contributed by atoms with E-state index in [9.17, 15) is 15.3 Å². The highest BCUT2D eigenvalue weighted by Gasteiger charge is 2.40. The molecule has 0 radical (unpaired) electrons. The number of aliphatic hydroxyl groups excluding tert-OH is 3. The molecule has 10 atom stereocenters. The summed E-state index contributed by atoms with van der Waals surface area (Å²) in [6.45, 7) is 3.79. The van der Waals surface area contributed by atoms with Crippen molar-refractivity contribution in [2.75, 3.05) is 13.2 Å². The first-order valence-corrected chi connectivity index (χ1v) is 12.0. The summed E-state index contributed by atoms with van der Waals surface area (Å²) in [5.74, 6) is 0. The first-order chi connectivity index (χ1) is 18.3. The van der Waals surface area contributed by atoms with Crippen LogP contribution in [0.4, 0.5) is 0 Å². The van der Waals surface area contributed by atoms with Crippen molar-refractivity contribution in [1.82, 2.24) is 0 Å². The molecule has 1 aromatic rings.